The molecule has 0 radical (unpaired) electrons. The first-order chi connectivity index (χ1) is 15.7. The summed E-state index contributed by atoms with van der Waals surface area (Å²) in [6.07, 6.45) is 4.12. The maximum Gasteiger partial charge on any atom is 0.126 e. The molecule has 0 bridgehead atoms. The monoisotopic (exact) mass is 422 g/mol. The van der Waals surface area contributed by atoms with Gasteiger partial charge in [0.1, 0.15) is 11.5 Å². The zero-order chi connectivity index (χ0) is 22.2. The summed E-state index contributed by atoms with van der Waals surface area (Å²) < 4.78 is 10.9. The van der Waals surface area contributed by atoms with E-state index < -0.39 is 0 Å². The van der Waals surface area contributed by atoms with Crippen LogP contribution in [-0.4, -0.2) is 14.2 Å². The molecule has 0 aliphatic rings. The zero-order valence-electron chi connectivity index (χ0n) is 18.2. The Morgan fingerprint density at radius 3 is 1.88 bits per heavy atom. The molecule has 4 nitrogen and oxygen atoms in total. The molecule has 0 fully saturated rings. The van der Waals surface area contributed by atoms with Gasteiger partial charge in [0.25, 0.3) is 0 Å². The number of nitrogens with one attached hydrogen (secondary N) is 2. The van der Waals surface area contributed by atoms with Crippen molar-refractivity contribution < 1.29 is 9.47 Å². The van der Waals surface area contributed by atoms with Crippen LogP contribution in [0.5, 0.6) is 11.5 Å². The normalized spacial score (nSPS) is 10.7. The summed E-state index contributed by atoms with van der Waals surface area (Å²) >= 11 is 0. The summed E-state index contributed by atoms with van der Waals surface area (Å²) in [5.74, 6) is 1.58. The Balaban J connectivity index is 1.68. The molecule has 160 valence electrons. The maximum atomic E-state index is 5.51. The Kier molecular flexibility index (Phi) is 6.73. The van der Waals surface area contributed by atoms with Gasteiger partial charge in [-0.3, -0.25) is 0 Å². The van der Waals surface area contributed by atoms with E-state index in [1.165, 1.54) is 0 Å². The van der Waals surface area contributed by atoms with Crippen molar-refractivity contribution in [2.24, 2.45) is 0 Å². The molecule has 0 aliphatic heterocycles. The van der Waals surface area contributed by atoms with Crippen LogP contribution in [0.15, 0.2) is 97.1 Å². The van der Waals surface area contributed by atoms with Gasteiger partial charge in [-0.15, -0.1) is 0 Å². The van der Waals surface area contributed by atoms with Crippen LogP contribution in [0.25, 0.3) is 12.2 Å². The third kappa shape index (κ3) is 5.29. The molecule has 4 aromatic carbocycles. The third-order valence-corrected chi connectivity index (χ3v) is 5.05. The molecular formula is C28H26N2O2. The van der Waals surface area contributed by atoms with Crippen molar-refractivity contribution in [1.29, 1.82) is 0 Å². The van der Waals surface area contributed by atoms with Crippen molar-refractivity contribution in [3.63, 3.8) is 0 Å². The van der Waals surface area contributed by atoms with Crippen LogP contribution in [0.2, 0.25) is 0 Å². The van der Waals surface area contributed by atoms with E-state index in [9.17, 15) is 0 Å². The van der Waals surface area contributed by atoms with Crippen molar-refractivity contribution in [2.45, 2.75) is 0 Å². The molecule has 0 aromatic heterocycles. The molecular weight excluding hydrogens is 396 g/mol. The van der Waals surface area contributed by atoms with E-state index in [2.05, 4.69) is 47.0 Å². The van der Waals surface area contributed by atoms with Gasteiger partial charge in [-0.05, 0) is 60.2 Å². The van der Waals surface area contributed by atoms with Crippen molar-refractivity contribution in [3.8, 4) is 11.5 Å². The molecule has 0 saturated heterocycles. The molecule has 32 heavy (non-hydrogen) atoms. The Morgan fingerprint density at radius 2 is 1.22 bits per heavy atom. The maximum absolute atomic E-state index is 5.51. The largest absolute Gasteiger partial charge is 0.497 e. The van der Waals surface area contributed by atoms with Gasteiger partial charge in [-0.1, -0.05) is 54.6 Å². The van der Waals surface area contributed by atoms with Gasteiger partial charge in [-0.2, -0.15) is 0 Å². The number of para-hydroxylation sites is 2. The Hall–Kier alpha value is -4.18. The number of benzene rings is 4. The lowest BCUT2D eigenvalue weighted by molar-refractivity contribution is 0.402. The molecule has 2 N–H and O–H groups in total. The van der Waals surface area contributed by atoms with Gasteiger partial charge in [0.2, 0.25) is 0 Å². The van der Waals surface area contributed by atoms with Gasteiger partial charge in [0.05, 0.1) is 14.2 Å². The smallest absolute Gasteiger partial charge is 0.126 e. The molecule has 0 atom stereocenters. The van der Waals surface area contributed by atoms with Crippen molar-refractivity contribution in [3.05, 3.63) is 108 Å². The highest BCUT2D eigenvalue weighted by atomic mass is 16.5. The van der Waals surface area contributed by atoms with Crippen LogP contribution in [0, 0.1) is 0 Å². The van der Waals surface area contributed by atoms with Crippen LogP contribution in [0.3, 0.4) is 0 Å². The van der Waals surface area contributed by atoms with Crippen LogP contribution in [-0.2, 0) is 0 Å². The predicted octanol–water partition coefficient (Wildman–Crippen LogP) is 7.36. The molecule has 4 rings (SSSR count). The number of hydrogen-bond acceptors (Lipinski definition) is 4. The number of rotatable bonds is 8. The predicted molar refractivity (Wildman–Crippen MR) is 134 cm³/mol. The highest BCUT2D eigenvalue weighted by Gasteiger charge is 2.06. The van der Waals surface area contributed by atoms with Gasteiger partial charge in [-0.25, -0.2) is 0 Å². The molecule has 0 saturated carbocycles. The number of hydrogen-bond donors (Lipinski definition) is 2. The lowest BCUT2D eigenvalue weighted by atomic mass is 10.1. The molecule has 0 amide bonds. The standard InChI is InChI=1S/C28H26N2O2/c1-31-26-17-18-28(32-2)22(19-26)14-13-21-15-16-25(29-23-9-5-3-6-10-23)20-27(21)30-24-11-7-4-8-12-24/h3-20,29-30H,1-2H3/b14-13+. The van der Waals surface area contributed by atoms with Crippen molar-refractivity contribution in [2.75, 3.05) is 24.9 Å². The Bertz CT molecular complexity index is 1190. The minimum absolute atomic E-state index is 0.787. The fourth-order valence-electron chi connectivity index (χ4n) is 3.40. The lowest BCUT2D eigenvalue weighted by Gasteiger charge is -2.14. The second-order valence-corrected chi connectivity index (χ2v) is 7.23. The second-order valence-electron chi connectivity index (χ2n) is 7.23. The van der Waals surface area contributed by atoms with Crippen LogP contribution >= 0.6 is 0 Å². The Morgan fingerprint density at radius 1 is 0.562 bits per heavy atom. The fraction of sp³-hybridized carbons (Fsp3) is 0.0714. The molecule has 0 heterocycles. The molecule has 4 heteroatoms. The van der Waals surface area contributed by atoms with E-state index >= 15 is 0 Å². The third-order valence-electron chi connectivity index (χ3n) is 5.05. The van der Waals surface area contributed by atoms with Gasteiger partial charge < -0.3 is 20.1 Å². The highest BCUT2D eigenvalue weighted by Crippen LogP contribution is 2.30. The summed E-state index contributed by atoms with van der Waals surface area (Å²) in [4.78, 5) is 0. The average molecular weight is 423 g/mol. The topological polar surface area (TPSA) is 42.5 Å². The Labute approximate surface area is 189 Å². The van der Waals surface area contributed by atoms with E-state index in [-0.39, 0.29) is 0 Å². The van der Waals surface area contributed by atoms with Gasteiger partial charge in [0.15, 0.2) is 0 Å². The van der Waals surface area contributed by atoms with Crippen LogP contribution in [0.4, 0.5) is 22.7 Å². The zero-order valence-corrected chi connectivity index (χ0v) is 18.2. The first-order valence-corrected chi connectivity index (χ1v) is 10.4. The minimum atomic E-state index is 0.787. The summed E-state index contributed by atoms with van der Waals surface area (Å²) in [5, 5.41) is 7.00. The second kappa shape index (κ2) is 10.2. The number of methoxy groups -OCH3 is 2. The van der Waals surface area contributed by atoms with Crippen molar-refractivity contribution in [1.82, 2.24) is 0 Å². The first-order valence-electron chi connectivity index (χ1n) is 10.4. The summed E-state index contributed by atoms with van der Waals surface area (Å²) in [6, 6.07) is 32.3. The summed E-state index contributed by atoms with van der Waals surface area (Å²) in [5.41, 5.74) is 6.07. The van der Waals surface area contributed by atoms with Crippen LogP contribution < -0.4 is 20.1 Å². The van der Waals surface area contributed by atoms with Gasteiger partial charge in [0, 0.05) is 28.3 Å². The summed E-state index contributed by atoms with van der Waals surface area (Å²) in [6.45, 7) is 0. The molecule has 0 spiro atoms. The average Bonchev–Trinajstić information content (AvgIpc) is 2.84. The quantitative estimate of drug-likeness (QED) is 0.291. The highest BCUT2D eigenvalue weighted by molar-refractivity contribution is 5.83. The van der Waals surface area contributed by atoms with E-state index in [4.69, 9.17) is 9.47 Å². The van der Waals surface area contributed by atoms with Crippen molar-refractivity contribution >= 4 is 34.9 Å². The van der Waals surface area contributed by atoms with E-state index in [0.29, 0.717) is 0 Å². The minimum Gasteiger partial charge on any atom is -0.497 e. The SMILES string of the molecule is COc1ccc(OC)c(/C=C/c2ccc(Nc3ccccc3)cc2Nc2ccccc2)c1. The first kappa shape index (κ1) is 21.1. The number of ether oxygens (including phenoxy) is 2. The number of anilines is 4. The fourth-order valence-corrected chi connectivity index (χ4v) is 3.40. The van der Waals surface area contributed by atoms with E-state index in [1.807, 2.05) is 72.8 Å². The van der Waals surface area contributed by atoms with Crippen LogP contribution in [0.1, 0.15) is 11.1 Å². The summed E-state index contributed by atoms with van der Waals surface area (Å²) in [7, 11) is 3.33. The lowest BCUT2D eigenvalue weighted by Crippen LogP contribution is -1.96. The molecule has 0 unspecified atom stereocenters. The van der Waals surface area contributed by atoms with Gasteiger partial charge >= 0.3 is 0 Å². The molecule has 0 aliphatic carbocycles. The van der Waals surface area contributed by atoms with E-state index in [0.717, 1.165) is 45.4 Å². The van der Waals surface area contributed by atoms with E-state index in [1.54, 1.807) is 14.2 Å². The molecule has 4 aromatic rings.